The summed E-state index contributed by atoms with van der Waals surface area (Å²) in [5, 5.41) is 0. The fourth-order valence-corrected chi connectivity index (χ4v) is 4.09. The number of hydrogen-bond acceptors (Lipinski definition) is 4. The molecule has 132 valence electrons. The lowest BCUT2D eigenvalue weighted by Crippen LogP contribution is -2.14. The van der Waals surface area contributed by atoms with Crippen LogP contribution in [0.1, 0.15) is 33.0 Å². The predicted octanol–water partition coefficient (Wildman–Crippen LogP) is 4.96. The number of nitrogens with zero attached hydrogens (tertiary/aromatic N) is 1. The van der Waals surface area contributed by atoms with Gasteiger partial charge in [-0.1, -0.05) is 11.6 Å². The number of aryl methyl sites for hydroxylation is 1. The summed E-state index contributed by atoms with van der Waals surface area (Å²) < 4.78 is 6.54. The molecule has 4 rings (SSSR count). The molecule has 0 saturated carbocycles. The number of rotatable bonds is 5. The Balaban J connectivity index is 1.46. The first-order chi connectivity index (χ1) is 12.7. The van der Waals surface area contributed by atoms with E-state index in [9.17, 15) is 4.79 Å². The summed E-state index contributed by atoms with van der Waals surface area (Å²) in [7, 11) is 0. The fraction of sp³-hybridized carbons (Fsp3) is 0.200. The number of benzene rings is 1. The number of H-pyrrole nitrogens is 1. The highest BCUT2D eigenvalue weighted by molar-refractivity contribution is 7.17. The van der Waals surface area contributed by atoms with E-state index in [0.717, 1.165) is 56.7 Å². The molecule has 0 fully saturated rings. The Morgan fingerprint density at radius 1 is 1.27 bits per heavy atom. The number of imidazole rings is 1. The van der Waals surface area contributed by atoms with Gasteiger partial charge in [-0.15, -0.1) is 11.3 Å². The summed E-state index contributed by atoms with van der Waals surface area (Å²) in [6.07, 6.45) is 7.78. The van der Waals surface area contributed by atoms with Crippen LogP contribution in [0.5, 0.6) is 5.75 Å². The van der Waals surface area contributed by atoms with Crippen LogP contribution in [0.4, 0.5) is 0 Å². The summed E-state index contributed by atoms with van der Waals surface area (Å²) in [6, 6.07) is 9.51. The number of aromatic nitrogens is 2. The number of carbonyl (C=O) groups excluding carboxylic acids is 1. The molecular formula is C20H17ClN2O2S. The molecule has 6 heteroatoms. The van der Waals surface area contributed by atoms with E-state index < -0.39 is 0 Å². The molecule has 0 bridgehead atoms. The van der Waals surface area contributed by atoms with Crippen LogP contribution in [0.25, 0.3) is 6.08 Å². The molecule has 4 nitrogen and oxygen atoms in total. The van der Waals surface area contributed by atoms with Crippen LogP contribution in [0.3, 0.4) is 0 Å². The maximum Gasteiger partial charge on any atom is 0.189 e. The second kappa shape index (κ2) is 7.48. The average molecular weight is 385 g/mol. The van der Waals surface area contributed by atoms with Crippen molar-refractivity contribution in [2.75, 3.05) is 6.61 Å². The van der Waals surface area contributed by atoms with E-state index in [2.05, 4.69) is 9.97 Å². The Labute approximate surface area is 160 Å². The second-order valence-corrected chi connectivity index (χ2v) is 7.84. The maximum atomic E-state index is 12.8. The quantitative estimate of drug-likeness (QED) is 0.632. The first kappa shape index (κ1) is 17.1. The molecule has 0 spiro atoms. The van der Waals surface area contributed by atoms with Gasteiger partial charge < -0.3 is 9.72 Å². The van der Waals surface area contributed by atoms with Crippen LogP contribution in [0.2, 0.25) is 4.34 Å². The molecule has 1 aromatic carbocycles. The van der Waals surface area contributed by atoms with Crippen molar-refractivity contribution in [3.63, 3.8) is 0 Å². The minimum absolute atomic E-state index is 0.0953. The minimum atomic E-state index is 0.0953. The third-order valence-corrected chi connectivity index (χ3v) is 5.53. The number of ketones is 1. The lowest BCUT2D eigenvalue weighted by Gasteiger charge is -2.18. The van der Waals surface area contributed by atoms with Crippen molar-refractivity contribution < 1.29 is 9.53 Å². The number of aromatic amines is 1. The number of halogens is 1. The van der Waals surface area contributed by atoms with Gasteiger partial charge in [-0.2, -0.15) is 0 Å². The van der Waals surface area contributed by atoms with Crippen molar-refractivity contribution in [1.29, 1.82) is 0 Å². The molecular weight excluding hydrogens is 368 g/mol. The molecule has 0 aliphatic heterocycles. The number of hydrogen-bond donors (Lipinski definition) is 1. The Morgan fingerprint density at radius 3 is 2.96 bits per heavy atom. The Morgan fingerprint density at radius 2 is 2.19 bits per heavy atom. The van der Waals surface area contributed by atoms with Crippen LogP contribution in [0, 0.1) is 0 Å². The molecule has 3 aromatic rings. The molecule has 0 unspecified atom stereocenters. The van der Waals surface area contributed by atoms with E-state index in [-0.39, 0.29) is 5.78 Å². The molecule has 26 heavy (non-hydrogen) atoms. The highest BCUT2D eigenvalue weighted by Crippen LogP contribution is 2.31. The topological polar surface area (TPSA) is 55.0 Å². The van der Waals surface area contributed by atoms with E-state index in [0.29, 0.717) is 6.61 Å². The Bertz CT molecular complexity index is 960. The standard InChI is InChI=1S/C20H17ClN2O2S/c21-18-6-4-16(26-18)12-14-2-1-13-11-15(3-5-17(13)20(14)24)25-10-7-19-22-8-9-23-19/h3-6,8-9,11-12H,1-2,7,10H2,(H,22,23). The fourth-order valence-electron chi connectivity index (χ4n) is 3.06. The van der Waals surface area contributed by atoms with E-state index in [1.165, 1.54) is 11.3 Å². The minimum Gasteiger partial charge on any atom is -0.493 e. The summed E-state index contributed by atoms with van der Waals surface area (Å²) in [4.78, 5) is 21.0. The molecule has 1 N–H and O–H groups in total. The average Bonchev–Trinajstić information content (AvgIpc) is 3.29. The number of Topliss-reactive ketones (excluding diaryl/α,β-unsaturated/α-hetero) is 1. The smallest absolute Gasteiger partial charge is 0.189 e. The zero-order valence-corrected chi connectivity index (χ0v) is 15.6. The third kappa shape index (κ3) is 3.74. The van der Waals surface area contributed by atoms with Gasteiger partial charge in [-0.25, -0.2) is 4.98 Å². The first-order valence-corrected chi connectivity index (χ1v) is 9.63. The van der Waals surface area contributed by atoms with Gasteiger partial charge in [0.15, 0.2) is 5.78 Å². The number of ether oxygens (including phenoxy) is 1. The van der Waals surface area contributed by atoms with Crippen LogP contribution in [-0.2, 0) is 12.8 Å². The lowest BCUT2D eigenvalue weighted by molar-refractivity contribution is 0.102. The zero-order valence-electron chi connectivity index (χ0n) is 14.0. The van der Waals surface area contributed by atoms with Gasteiger partial charge >= 0.3 is 0 Å². The molecule has 2 aromatic heterocycles. The summed E-state index contributed by atoms with van der Waals surface area (Å²) in [5.74, 6) is 1.79. The molecule has 0 radical (unpaired) electrons. The third-order valence-electron chi connectivity index (χ3n) is 4.35. The summed E-state index contributed by atoms with van der Waals surface area (Å²) >= 11 is 7.46. The number of allylic oxidation sites excluding steroid dienone is 1. The molecule has 1 aliphatic rings. The number of thiophene rings is 1. The second-order valence-electron chi connectivity index (χ2n) is 6.09. The SMILES string of the molecule is O=C1C(=Cc2ccc(Cl)s2)CCc2cc(OCCc3ncc[nH]3)ccc21. The van der Waals surface area contributed by atoms with Crippen molar-refractivity contribution in [3.8, 4) is 5.75 Å². The van der Waals surface area contributed by atoms with Gasteiger partial charge in [0.25, 0.3) is 0 Å². The van der Waals surface area contributed by atoms with Gasteiger partial charge in [0.05, 0.1) is 10.9 Å². The van der Waals surface area contributed by atoms with E-state index in [1.807, 2.05) is 36.4 Å². The lowest BCUT2D eigenvalue weighted by atomic mass is 9.86. The summed E-state index contributed by atoms with van der Waals surface area (Å²) in [6.45, 7) is 0.546. The van der Waals surface area contributed by atoms with Crippen molar-refractivity contribution in [1.82, 2.24) is 9.97 Å². The van der Waals surface area contributed by atoms with Crippen molar-refractivity contribution in [3.05, 3.63) is 74.5 Å². The maximum absolute atomic E-state index is 12.8. The van der Waals surface area contributed by atoms with Gasteiger partial charge in [0.2, 0.25) is 0 Å². The van der Waals surface area contributed by atoms with Crippen molar-refractivity contribution >= 4 is 34.8 Å². The van der Waals surface area contributed by atoms with Gasteiger partial charge in [0, 0.05) is 34.8 Å². The normalized spacial score (nSPS) is 15.3. The Hall–Kier alpha value is -2.37. The predicted molar refractivity (Wildman–Crippen MR) is 104 cm³/mol. The Kier molecular flexibility index (Phi) is 4.91. The van der Waals surface area contributed by atoms with Gasteiger partial charge in [-0.3, -0.25) is 4.79 Å². The van der Waals surface area contributed by atoms with E-state index in [4.69, 9.17) is 16.3 Å². The van der Waals surface area contributed by atoms with E-state index in [1.54, 1.807) is 12.4 Å². The number of carbonyl (C=O) groups is 1. The highest BCUT2D eigenvalue weighted by Gasteiger charge is 2.22. The van der Waals surface area contributed by atoms with E-state index >= 15 is 0 Å². The molecule has 0 amide bonds. The zero-order chi connectivity index (χ0) is 17.9. The monoisotopic (exact) mass is 384 g/mol. The van der Waals surface area contributed by atoms with Crippen LogP contribution in [0.15, 0.2) is 48.3 Å². The van der Waals surface area contributed by atoms with Crippen LogP contribution < -0.4 is 4.74 Å². The molecule has 0 atom stereocenters. The van der Waals surface area contributed by atoms with Crippen LogP contribution in [-0.4, -0.2) is 22.4 Å². The van der Waals surface area contributed by atoms with Crippen molar-refractivity contribution in [2.24, 2.45) is 0 Å². The molecule has 0 saturated heterocycles. The molecule has 2 heterocycles. The first-order valence-electron chi connectivity index (χ1n) is 8.43. The largest absolute Gasteiger partial charge is 0.493 e. The molecule has 1 aliphatic carbocycles. The summed E-state index contributed by atoms with van der Waals surface area (Å²) in [5.41, 5.74) is 2.65. The number of nitrogens with one attached hydrogen (secondary N) is 1. The number of fused-ring (bicyclic) bond motifs is 1. The van der Waals surface area contributed by atoms with Gasteiger partial charge in [-0.05, 0) is 54.8 Å². The van der Waals surface area contributed by atoms with Crippen molar-refractivity contribution in [2.45, 2.75) is 19.3 Å². The van der Waals surface area contributed by atoms with Gasteiger partial charge in [0.1, 0.15) is 11.6 Å². The van der Waals surface area contributed by atoms with Crippen LogP contribution >= 0.6 is 22.9 Å². The highest BCUT2D eigenvalue weighted by atomic mass is 35.5.